The molecule has 0 aromatic rings. The molecule has 0 saturated carbocycles. The Morgan fingerprint density at radius 2 is 1.12 bits per heavy atom. The van der Waals surface area contributed by atoms with Crippen molar-refractivity contribution in [2.24, 2.45) is 0 Å². The van der Waals surface area contributed by atoms with E-state index in [1.165, 1.54) is 83.7 Å². The first-order chi connectivity index (χ1) is 8.41. The fourth-order valence-electron chi connectivity index (χ4n) is 2.11. The second-order valence-electron chi connectivity index (χ2n) is 5.14. The highest BCUT2D eigenvalue weighted by Gasteiger charge is 1.92. The van der Waals surface area contributed by atoms with E-state index in [4.69, 9.17) is 0 Å². The molecule has 1 nitrogen and oxygen atoms in total. The van der Waals surface area contributed by atoms with Crippen LogP contribution in [0.1, 0.15) is 84.0 Å². The van der Waals surface area contributed by atoms with Crippen molar-refractivity contribution < 1.29 is 0 Å². The van der Waals surface area contributed by atoms with Crippen LogP contribution in [0.5, 0.6) is 0 Å². The summed E-state index contributed by atoms with van der Waals surface area (Å²) in [6.45, 7) is 8.57. The van der Waals surface area contributed by atoms with Gasteiger partial charge in [-0.15, -0.1) is 0 Å². The van der Waals surface area contributed by atoms with E-state index in [2.05, 4.69) is 19.2 Å². The molecule has 1 N–H and O–H groups in total. The molecule has 103 valence electrons. The summed E-state index contributed by atoms with van der Waals surface area (Å²) in [4.78, 5) is 0. The zero-order valence-corrected chi connectivity index (χ0v) is 12.1. The molecule has 0 aromatic heterocycles. The third-order valence-corrected chi connectivity index (χ3v) is 3.31. The van der Waals surface area contributed by atoms with Crippen molar-refractivity contribution in [3.63, 3.8) is 0 Å². The molecule has 0 bridgehead atoms. The van der Waals surface area contributed by atoms with Gasteiger partial charge in [0.15, 0.2) is 0 Å². The molecular weight excluding hydrogens is 206 g/mol. The van der Waals surface area contributed by atoms with Crippen molar-refractivity contribution in [1.29, 1.82) is 0 Å². The molecule has 0 aliphatic heterocycles. The first kappa shape index (κ1) is 17.0. The van der Waals surface area contributed by atoms with Gasteiger partial charge in [0, 0.05) is 0 Å². The summed E-state index contributed by atoms with van der Waals surface area (Å²) >= 11 is 0. The molecule has 0 fully saturated rings. The highest BCUT2D eigenvalue weighted by Crippen LogP contribution is 2.07. The first-order valence-electron chi connectivity index (χ1n) is 7.91. The highest BCUT2D eigenvalue weighted by atomic mass is 14.8. The van der Waals surface area contributed by atoms with Crippen molar-refractivity contribution in [3.05, 3.63) is 6.92 Å². The van der Waals surface area contributed by atoms with Crippen LogP contribution >= 0.6 is 0 Å². The molecule has 1 radical (unpaired) electrons. The number of rotatable bonds is 14. The van der Waals surface area contributed by atoms with Gasteiger partial charge in [-0.25, -0.2) is 0 Å². The van der Waals surface area contributed by atoms with Gasteiger partial charge in [0.25, 0.3) is 0 Å². The van der Waals surface area contributed by atoms with Gasteiger partial charge in [-0.05, 0) is 25.9 Å². The summed E-state index contributed by atoms with van der Waals surface area (Å²) in [6.07, 6.45) is 16.4. The van der Waals surface area contributed by atoms with Gasteiger partial charge < -0.3 is 5.32 Å². The zero-order chi connectivity index (χ0) is 12.6. The number of nitrogens with one attached hydrogen (secondary N) is 1. The van der Waals surface area contributed by atoms with Gasteiger partial charge in [-0.1, -0.05) is 78.1 Å². The molecule has 0 saturated heterocycles. The van der Waals surface area contributed by atoms with Gasteiger partial charge in [-0.2, -0.15) is 0 Å². The lowest BCUT2D eigenvalue weighted by Gasteiger charge is -2.04. The van der Waals surface area contributed by atoms with E-state index in [0.717, 1.165) is 6.42 Å². The van der Waals surface area contributed by atoms with Crippen LogP contribution in [0.3, 0.4) is 0 Å². The van der Waals surface area contributed by atoms with Crippen LogP contribution in [0.15, 0.2) is 0 Å². The van der Waals surface area contributed by atoms with Gasteiger partial charge in [0.1, 0.15) is 0 Å². The summed E-state index contributed by atoms with van der Waals surface area (Å²) in [7, 11) is 0. The third kappa shape index (κ3) is 16.0. The Labute approximate surface area is 110 Å². The van der Waals surface area contributed by atoms with Crippen LogP contribution in [-0.2, 0) is 0 Å². The zero-order valence-electron chi connectivity index (χ0n) is 12.1. The number of unbranched alkanes of at least 4 members (excludes halogenated alkanes) is 10. The van der Waals surface area contributed by atoms with Crippen LogP contribution in [0, 0.1) is 6.92 Å². The monoisotopic (exact) mass is 240 g/mol. The maximum absolute atomic E-state index is 3.86. The molecule has 0 atom stereocenters. The van der Waals surface area contributed by atoms with Crippen molar-refractivity contribution in [2.75, 3.05) is 13.1 Å². The lowest BCUT2D eigenvalue weighted by molar-refractivity contribution is 0.544. The molecule has 0 heterocycles. The van der Waals surface area contributed by atoms with Crippen LogP contribution in [-0.4, -0.2) is 13.1 Å². The summed E-state index contributed by atoms with van der Waals surface area (Å²) in [5.41, 5.74) is 0. The van der Waals surface area contributed by atoms with Crippen LogP contribution in [0.4, 0.5) is 0 Å². The van der Waals surface area contributed by atoms with E-state index >= 15 is 0 Å². The molecule has 0 spiro atoms. The summed E-state index contributed by atoms with van der Waals surface area (Å²) in [5.74, 6) is 0. The SMILES string of the molecule is [CH2]CCCCCNCCCCCCCCCC. The molecular formula is C16H34N. The van der Waals surface area contributed by atoms with Crippen LogP contribution in [0.25, 0.3) is 0 Å². The van der Waals surface area contributed by atoms with Gasteiger partial charge in [0.05, 0.1) is 0 Å². The fourth-order valence-corrected chi connectivity index (χ4v) is 2.11. The molecule has 0 aromatic carbocycles. The van der Waals surface area contributed by atoms with Crippen molar-refractivity contribution in [1.82, 2.24) is 5.32 Å². The van der Waals surface area contributed by atoms with Gasteiger partial charge in [0.2, 0.25) is 0 Å². The van der Waals surface area contributed by atoms with Crippen molar-refractivity contribution >= 4 is 0 Å². The van der Waals surface area contributed by atoms with Gasteiger partial charge >= 0.3 is 0 Å². The number of hydrogen-bond acceptors (Lipinski definition) is 1. The van der Waals surface area contributed by atoms with E-state index in [1.54, 1.807) is 0 Å². The van der Waals surface area contributed by atoms with E-state index < -0.39 is 0 Å². The van der Waals surface area contributed by atoms with E-state index in [-0.39, 0.29) is 0 Å². The van der Waals surface area contributed by atoms with Crippen LogP contribution in [0.2, 0.25) is 0 Å². The highest BCUT2D eigenvalue weighted by molar-refractivity contribution is 4.52. The second kappa shape index (κ2) is 16.0. The summed E-state index contributed by atoms with van der Waals surface area (Å²) in [5, 5.41) is 3.54. The molecule has 17 heavy (non-hydrogen) atoms. The van der Waals surface area contributed by atoms with Crippen molar-refractivity contribution in [2.45, 2.75) is 84.0 Å². The molecule has 0 aliphatic rings. The van der Waals surface area contributed by atoms with E-state index in [0.29, 0.717) is 0 Å². The van der Waals surface area contributed by atoms with Crippen LogP contribution < -0.4 is 5.32 Å². The molecule has 0 rings (SSSR count). The second-order valence-corrected chi connectivity index (χ2v) is 5.14. The minimum Gasteiger partial charge on any atom is -0.317 e. The minimum atomic E-state index is 1.10. The van der Waals surface area contributed by atoms with E-state index in [1.807, 2.05) is 0 Å². The normalized spacial score (nSPS) is 10.9. The Bertz CT molecular complexity index is 109. The van der Waals surface area contributed by atoms with Crippen molar-refractivity contribution in [3.8, 4) is 0 Å². The first-order valence-corrected chi connectivity index (χ1v) is 7.91. The molecule has 0 unspecified atom stereocenters. The van der Waals surface area contributed by atoms with Gasteiger partial charge in [-0.3, -0.25) is 0 Å². The quantitative estimate of drug-likeness (QED) is 0.416. The molecule has 1 heteroatoms. The Morgan fingerprint density at radius 3 is 1.65 bits per heavy atom. The lowest BCUT2D eigenvalue weighted by Crippen LogP contribution is -2.16. The lowest BCUT2D eigenvalue weighted by atomic mass is 10.1. The average molecular weight is 240 g/mol. The Hall–Kier alpha value is -0.0400. The van der Waals surface area contributed by atoms with E-state index in [9.17, 15) is 0 Å². The Morgan fingerprint density at radius 1 is 0.647 bits per heavy atom. The fraction of sp³-hybridized carbons (Fsp3) is 0.938. The predicted molar refractivity (Wildman–Crippen MR) is 79.3 cm³/mol. The Kier molecular flexibility index (Phi) is 15.9. The smallest absolute Gasteiger partial charge is 0.00489 e. The Balaban J connectivity index is 2.85. The summed E-state index contributed by atoms with van der Waals surface area (Å²) in [6, 6.07) is 0. The minimum absolute atomic E-state index is 1.10. The predicted octanol–water partition coefficient (Wildman–Crippen LogP) is 5.11. The largest absolute Gasteiger partial charge is 0.317 e. The molecule has 0 aliphatic carbocycles. The summed E-state index contributed by atoms with van der Waals surface area (Å²) < 4.78 is 0. The number of hydrogen-bond donors (Lipinski definition) is 1. The average Bonchev–Trinajstić information content (AvgIpc) is 2.35. The standard InChI is InChI=1S/C16H34N/c1-3-5-7-9-10-11-12-14-16-17-15-13-8-6-4-2/h17H,2-16H2,1H3. The molecule has 0 amide bonds. The topological polar surface area (TPSA) is 12.0 Å². The maximum atomic E-state index is 3.86. The third-order valence-electron chi connectivity index (χ3n) is 3.31. The maximum Gasteiger partial charge on any atom is -0.00489 e.